The summed E-state index contributed by atoms with van der Waals surface area (Å²) >= 11 is 0. The van der Waals surface area contributed by atoms with Crippen LogP contribution in [0.2, 0.25) is 0 Å². The third-order valence-corrected chi connectivity index (χ3v) is 3.73. The van der Waals surface area contributed by atoms with Gasteiger partial charge >= 0.3 is 0 Å². The molecule has 0 saturated heterocycles. The molecule has 0 radical (unpaired) electrons. The Balaban J connectivity index is 4.16. The van der Waals surface area contributed by atoms with E-state index >= 15 is 0 Å². The Morgan fingerprint density at radius 1 is 1.22 bits per heavy atom. The molecular weight excluding hydrogens is 228 g/mol. The molecule has 108 valence electrons. The van der Waals surface area contributed by atoms with E-state index in [1.807, 2.05) is 13.8 Å². The molecule has 0 heterocycles. The molecule has 1 unspecified atom stereocenters. The third-order valence-electron chi connectivity index (χ3n) is 3.73. The Hall–Kier alpha value is -0.610. The molecule has 4 nitrogen and oxygen atoms in total. The highest BCUT2D eigenvalue weighted by Gasteiger charge is 2.24. The van der Waals surface area contributed by atoms with Gasteiger partial charge in [0.25, 0.3) is 0 Å². The van der Waals surface area contributed by atoms with Gasteiger partial charge in [0.1, 0.15) is 6.10 Å². The van der Waals surface area contributed by atoms with Crippen molar-refractivity contribution >= 4 is 5.91 Å². The van der Waals surface area contributed by atoms with Crippen molar-refractivity contribution in [3.05, 3.63) is 0 Å². The molecule has 1 atom stereocenters. The van der Waals surface area contributed by atoms with Crippen LogP contribution in [0.15, 0.2) is 0 Å². The number of carbonyl (C=O) groups is 1. The number of amides is 1. The van der Waals surface area contributed by atoms with E-state index < -0.39 is 6.10 Å². The van der Waals surface area contributed by atoms with E-state index in [4.69, 9.17) is 10.5 Å². The van der Waals surface area contributed by atoms with E-state index in [-0.39, 0.29) is 17.5 Å². The fourth-order valence-corrected chi connectivity index (χ4v) is 1.63. The van der Waals surface area contributed by atoms with Crippen LogP contribution in [0.4, 0.5) is 0 Å². The molecule has 0 fully saturated rings. The fraction of sp³-hybridized carbons (Fsp3) is 0.929. The minimum absolute atomic E-state index is 0.0433. The van der Waals surface area contributed by atoms with E-state index in [1.54, 1.807) is 6.92 Å². The maximum Gasteiger partial charge on any atom is 0.249 e. The van der Waals surface area contributed by atoms with Crippen LogP contribution in [0, 0.1) is 0 Å². The van der Waals surface area contributed by atoms with Crippen molar-refractivity contribution in [2.24, 2.45) is 5.73 Å². The Kier molecular flexibility index (Phi) is 8.20. The zero-order valence-electron chi connectivity index (χ0n) is 12.6. The highest BCUT2D eigenvalue weighted by atomic mass is 16.5. The van der Waals surface area contributed by atoms with Gasteiger partial charge in [0.2, 0.25) is 5.91 Å². The topological polar surface area (TPSA) is 64.3 Å². The summed E-state index contributed by atoms with van der Waals surface area (Å²) in [5.41, 5.74) is 5.83. The summed E-state index contributed by atoms with van der Waals surface area (Å²) in [6.45, 7) is 10.4. The summed E-state index contributed by atoms with van der Waals surface area (Å²) in [4.78, 5) is 11.9. The van der Waals surface area contributed by atoms with Crippen LogP contribution in [0.1, 0.15) is 60.3 Å². The number of rotatable bonds is 9. The lowest BCUT2D eigenvalue weighted by atomic mass is 9.95. The first-order valence-corrected chi connectivity index (χ1v) is 7.13. The summed E-state index contributed by atoms with van der Waals surface area (Å²) in [6, 6.07) is 0.239. The molecule has 0 aliphatic carbocycles. The molecule has 0 aromatic carbocycles. The van der Waals surface area contributed by atoms with Gasteiger partial charge in [-0.05, 0) is 32.6 Å². The van der Waals surface area contributed by atoms with E-state index in [0.717, 1.165) is 25.7 Å². The van der Waals surface area contributed by atoms with E-state index in [1.165, 1.54) is 0 Å². The van der Waals surface area contributed by atoms with Crippen LogP contribution in [0.3, 0.4) is 0 Å². The van der Waals surface area contributed by atoms with Crippen molar-refractivity contribution in [3.63, 3.8) is 0 Å². The van der Waals surface area contributed by atoms with E-state index in [0.29, 0.717) is 6.61 Å². The van der Waals surface area contributed by atoms with Gasteiger partial charge in [-0.1, -0.05) is 27.7 Å². The number of hydrogen-bond acceptors (Lipinski definition) is 3. The van der Waals surface area contributed by atoms with Gasteiger partial charge < -0.3 is 15.8 Å². The molecule has 4 heteroatoms. The van der Waals surface area contributed by atoms with Crippen molar-refractivity contribution in [1.82, 2.24) is 5.32 Å². The summed E-state index contributed by atoms with van der Waals surface area (Å²) in [7, 11) is 0. The smallest absolute Gasteiger partial charge is 0.249 e. The lowest BCUT2D eigenvalue weighted by Crippen LogP contribution is -2.47. The molecular formula is C14H30N2O2. The Labute approximate surface area is 112 Å². The van der Waals surface area contributed by atoms with Gasteiger partial charge in [0, 0.05) is 11.6 Å². The van der Waals surface area contributed by atoms with Crippen LogP contribution in [0.25, 0.3) is 0 Å². The van der Waals surface area contributed by atoms with Crippen molar-refractivity contribution in [2.75, 3.05) is 6.61 Å². The second kappa shape index (κ2) is 8.48. The lowest BCUT2D eigenvalue weighted by molar-refractivity contribution is -0.133. The summed E-state index contributed by atoms with van der Waals surface area (Å²) < 4.78 is 5.60. The second-order valence-corrected chi connectivity index (χ2v) is 5.04. The molecule has 0 aliphatic rings. The predicted octanol–water partition coefficient (Wildman–Crippen LogP) is 2.21. The molecule has 1 amide bonds. The summed E-state index contributed by atoms with van der Waals surface area (Å²) in [5, 5.41) is 2.98. The Bertz CT molecular complexity index is 236. The van der Waals surface area contributed by atoms with Gasteiger partial charge in [-0.25, -0.2) is 0 Å². The van der Waals surface area contributed by atoms with Crippen LogP contribution in [-0.2, 0) is 9.53 Å². The average molecular weight is 258 g/mol. The SMILES string of the molecule is CCC(CC)NC(=O)C(C)OCC(N)(CC)CC. The lowest BCUT2D eigenvalue weighted by Gasteiger charge is -2.28. The van der Waals surface area contributed by atoms with Crippen LogP contribution >= 0.6 is 0 Å². The Morgan fingerprint density at radius 3 is 2.11 bits per heavy atom. The normalized spacial score (nSPS) is 13.7. The van der Waals surface area contributed by atoms with Gasteiger partial charge in [0.05, 0.1) is 6.61 Å². The number of nitrogens with one attached hydrogen (secondary N) is 1. The van der Waals surface area contributed by atoms with Gasteiger partial charge in [-0.2, -0.15) is 0 Å². The van der Waals surface area contributed by atoms with Crippen LogP contribution < -0.4 is 11.1 Å². The fourth-order valence-electron chi connectivity index (χ4n) is 1.63. The number of carbonyl (C=O) groups excluding carboxylic acids is 1. The monoisotopic (exact) mass is 258 g/mol. The second-order valence-electron chi connectivity index (χ2n) is 5.04. The first-order chi connectivity index (χ1) is 8.42. The van der Waals surface area contributed by atoms with Gasteiger partial charge in [-0.15, -0.1) is 0 Å². The van der Waals surface area contributed by atoms with Crippen molar-refractivity contribution in [2.45, 2.75) is 78.0 Å². The molecule has 0 spiro atoms. The number of nitrogens with two attached hydrogens (primary N) is 1. The third kappa shape index (κ3) is 5.83. The number of hydrogen-bond donors (Lipinski definition) is 2. The molecule has 18 heavy (non-hydrogen) atoms. The first kappa shape index (κ1) is 17.4. The standard InChI is InChI=1S/C14H30N2O2/c1-6-12(7-2)16-13(17)11(5)18-10-14(15,8-3)9-4/h11-12H,6-10,15H2,1-5H3,(H,16,17). The van der Waals surface area contributed by atoms with Crippen LogP contribution in [-0.4, -0.2) is 30.2 Å². The summed E-state index contributed by atoms with van der Waals surface area (Å²) in [6.07, 6.45) is 3.15. The largest absolute Gasteiger partial charge is 0.367 e. The van der Waals surface area contributed by atoms with Gasteiger partial charge in [0.15, 0.2) is 0 Å². The van der Waals surface area contributed by atoms with Gasteiger partial charge in [-0.3, -0.25) is 4.79 Å². The molecule has 0 rings (SSSR count). The van der Waals surface area contributed by atoms with Crippen molar-refractivity contribution in [1.29, 1.82) is 0 Å². The zero-order chi connectivity index (χ0) is 14.2. The maximum atomic E-state index is 11.9. The van der Waals surface area contributed by atoms with Crippen molar-refractivity contribution < 1.29 is 9.53 Å². The Morgan fingerprint density at radius 2 is 1.72 bits per heavy atom. The molecule has 3 N–H and O–H groups in total. The minimum Gasteiger partial charge on any atom is -0.367 e. The highest BCUT2D eigenvalue weighted by Crippen LogP contribution is 2.12. The first-order valence-electron chi connectivity index (χ1n) is 7.13. The number of ether oxygens (including phenoxy) is 1. The quantitative estimate of drug-likeness (QED) is 0.666. The van der Waals surface area contributed by atoms with E-state index in [9.17, 15) is 4.79 Å². The summed E-state index contributed by atoms with van der Waals surface area (Å²) in [5.74, 6) is -0.0433. The van der Waals surface area contributed by atoms with Crippen LogP contribution in [0.5, 0.6) is 0 Å². The molecule has 0 aromatic heterocycles. The highest BCUT2D eigenvalue weighted by molar-refractivity contribution is 5.80. The zero-order valence-corrected chi connectivity index (χ0v) is 12.6. The average Bonchev–Trinajstić information content (AvgIpc) is 2.41. The molecule has 0 aliphatic heterocycles. The predicted molar refractivity (Wildman–Crippen MR) is 75.4 cm³/mol. The minimum atomic E-state index is -0.438. The molecule has 0 saturated carbocycles. The molecule has 0 aromatic rings. The molecule has 0 bridgehead atoms. The van der Waals surface area contributed by atoms with E-state index in [2.05, 4.69) is 19.2 Å². The maximum absolute atomic E-state index is 11.9. The van der Waals surface area contributed by atoms with Crippen molar-refractivity contribution in [3.8, 4) is 0 Å².